The Morgan fingerprint density at radius 2 is 2.12 bits per heavy atom. The number of fused-ring (bicyclic) bond motifs is 1. The van der Waals surface area contributed by atoms with Gasteiger partial charge >= 0.3 is 5.97 Å². The maximum atomic E-state index is 11.5. The number of carbonyl (C=O) groups excluding carboxylic acids is 1. The molecule has 0 bridgehead atoms. The molecule has 0 aliphatic carbocycles. The van der Waals surface area contributed by atoms with Gasteiger partial charge in [0.25, 0.3) is 0 Å². The molecule has 2 rings (SSSR count). The van der Waals surface area contributed by atoms with E-state index in [4.69, 9.17) is 28.3 Å². The summed E-state index contributed by atoms with van der Waals surface area (Å²) < 4.78 is 0. The minimum absolute atomic E-state index is 0.00923. The molecule has 84 valence electrons. The molecular weight excluding hydrogens is 253 g/mol. The Morgan fingerprint density at radius 3 is 2.75 bits per heavy atom. The van der Waals surface area contributed by atoms with Crippen LogP contribution in [0.2, 0.25) is 10.0 Å². The van der Waals surface area contributed by atoms with Crippen LogP contribution in [0.25, 0.3) is 0 Å². The average Bonchev–Trinajstić information content (AvgIpc) is 2.18. The van der Waals surface area contributed by atoms with E-state index in [9.17, 15) is 9.59 Å². The molecule has 1 unspecified atom stereocenters. The minimum Gasteiger partial charge on any atom is -0.479 e. The lowest BCUT2D eigenvalue weighted by Gasteiger charge is -2.23. The summed E-state index contributed by atoms with van der Waals surface area (Å²) in [7, 11) is 0. The summed E-state index contributed by atoms with van der Waals surface area (Å²) in [4.78, 5) is 22.3. The summed E-state index contributed by atoms with van der Waals surface area (Å²) in [5.41, 5.74) is 1.10. The average molecular weight is 260 g/mol. The van der Waals surface area contributed by atoms with Crippen LogP contribution in [-0.2, 0) is 16.0 Å². The molecule has 1 atom stereocenters. The fraction of sp³-hybridized carbons (Fsp3) is 0.200. The topological polar surface area (TPSA) is 66.4 Å². The number of Topliss-reactive ketones (excluding diaryl/α,β-unsaturated/α-hetero) is 1. The van der Waals surface area contributed by atoms with Crippen molar-refractivity contribution >= 4 is 40.6 Å². The fourth-order valence-corrected chi connectivity index (χ4v) is 2.18. The smallest absolute Gasteiger partial charge is 0.333 e. The van der Waals surface area contributed by atoms with E-state index in [1.54, 1.807) is 6.07 Å². The van der Waals surface area contributed by atoms with Gasteiger partial charge in [0, 0.05) is 27.7 Å². The molecule has 0 fully saturated rings. The zero-order chi connectivity index (χ0) is 11.9. The van der Waals surface area contributed by atoms with Crippen LogP contribution in [0.3, 0.4) is 0 Å². The van der Waals surface area contributed by atoms with E-state index >= 15 is 0 Å². The van der Waals surface area contributed by atoms with Crippen LogP contribution in [0.15, 0.2) is 12.1 Å². The summed E-state index contributed by atoms with van der Waals surface area (Å²) in [6, 6.07) is 1.87. The van der Waals surface area contributed by atoms with E-state index in [0.29, 0.717) is 21.3 Å². The second kappa shape index (κ2) is 3.96. The van der Waals surface area contributed by atoms with E-state index in [0.717, 1.165) is 0 Å². The molecule has 0 amide bonds. The van der Waals surface area contributed by atoms with Crippen molar-refractivity contribution in [2.24, 2.45) is 0 Å². The van der Waals surface area contributed by atoms with Gasteiger partial charge in [-0.25, -0.2) is 4.79 Å². The summed E-state index contributed by atoms with van der Waals surface area (Å²) in [5, 5.41) is 12.2. The fourth-order valence-electron chi connectivity index (χ4n) is 1.62. The normalized spacial score (nSPS) is 18.9. The predicted molar refractivity (Wildman–Crippen MR) is 60.2 cm³/mol. The summed E-state index contributed by atoms with van der Waals surface area (Å²) >= 11 is 11.7. The number of carboxylic acid groups (broad SMARTS) is 1. The number of rotatable bonds is 1. The number of ketones is 1. The van der Waals surface area contributed by atoms with E-state index in [-0.39, 0.29) is 6.42 Å². The van der Waals surface area contributed by atoms with Gasteiger partial charge in [0.2, 0.25) is 0 Å². The lowest BCUT2D eigenvalue weighted by atomic mass is 9.97. The molecule has 4 nitrogen and oxygen atoms in total. The first-order valence-electron chi connectivity index (χ1n) is 4.49. The van der Waals surface area contributed by atoms with Gasteiger partial charge in [-0.1, -0.05) is 23.2 Å². The Hall–Kier alpha value is -1.26. The molecule has 1 aliphatic rings. The van der Waals surface area contributed by atoms with Gasteiger partial charge in [-0.2, -0.15) is 0 Å². The molecule has 1 aromatic carbocycles. The number of hydrogen-bond acceptors (Lipinski definition) is 3. The second-order valence-corrected chi connectivity index (χ2v) is 4.32. The standard InChI is InChI=1S/C10H7Cl2NO3/c11-4-1-6(12)5-3-8(14)9(10(15)16)13-7(5)2-4/h1-2,9,13H,3H2,(H,15,16). The quantitative estimate of drug-likeness (QED) is 0.758. The highest BCUT2D eigenvalue weighted by Crippen LogP contribution is 2.33. The lowest BCUT2D eigenvalue weighted by molar-refractivity contribution is -0.141. The monoisotopic (exact) mass is 259 g/mol. The van der Waals surface area contributed by atoms with Crippen molar-refractivity contribution in [2.75, 3.05) is 5.32 Å². The summed E-state index contributed by atoms with van der Waals surface area (Å²) in [6.07, 6.45) is 0.00923. The third-order valence-corrected chi connectivity index (χ3v) is 2.94. The Morgan fingerprint density at radius 1 is 1.44 bits per heavy atom. The molecule has 0 spiro atoms. The van der Waals surface area contributed by atoms with Gasteiger partial charge in [-0.3, -0.25) is 4.79 Å². The van der Waals surface area contributed by atoms with Gasteiger partial charge in [-0.15, -0.1) is 0 Å². The van der Waals surface area contributed by atoms with Gasteiger partial charge in [0.15, 0.2) is 11.8 Å². The highest BCUT2D eigenvalue weighted by atomic mass is 35.5. The number of hydrogen-bond donors (Lipinski definition) is 2. The molecule has 1 aliphatic heterocycles. The number of carbonyl (C=O) groups is 2. The Bertz CT molecular complexity index is 487. The first-order valence-corrected chi connectivity index (χ1v) is 5.24. The molecule has 1 heterocycles. The number of halogens is 2. The predicted octanol–water partition coefficient (Wildman–Crippen LogP) is 1.98. The summed E-state index contributed by atoms with van der Waals surface area (Å²) in [6.45, 7) is 0. The van der Waals surface area contributed by atoms with Crippen molar-refractivity contribution < 1.29 is 14.7 Å². The molecule has 0 saturated carbocycles. The molecule has 0 saturated heterocycles. The molecule has 2 N–H and O–H groups in total. The van der Waals surface area contributed by atoms with Crippen molar-refractivity contribution in [2.45, 2.75) is 12.5 Å². The van der Waals surface area contributed by atoms with Gasteiger partial charge in [0.1, 0.15) is 0 Å². The van der Waals surface area contributed by atoms with Gasteiger partial charge in [-0.05, 0) is 12.1 Å². The number of aliphatic carboxylic acids is 1. The van der Waals surface area contributed by atoms with E-state index < -0.39 is 17.8 Å². The molecule has 0 radical (unpaired) electrons. The maximum Gasteiger partial charge on any atom is 0.333 e. The van der Waals surface area contributed by atoms with Crippen LogP contribution in [0.4, 0.5) is 5.69 Å². The van der Waals surface area contributed by atoms with Crippen molar-refractivity contribution in [1.29, 1.82) is 0 Å². The van der Waals surface area contributed by atoms with E-state index in [1.165, 1.54) is 6.07 Å². The third kappa shape index (κ3) is 1.86. The maximum absolute atomic E-state index is 11.5. The highest BCUT2D eigenvalue weighted by molar-refractivity contribution is 6.36. The Balaban J connectivity index is 2.47. The van der Waals surface area contributed by atoms with Crippen LogP contribution in [0, 0.1) is 0 Å². The van der Waals surface area contributed by atoms with Crippen molar-refractivity contribution in [3.05, 3.63) is 27.7 Å². The third-order valence-electron chi connectivity index (χ3n) is 2.38. The van der Waals surface area contributed by atoms with Crippen molar-refractivity contribution in [3.63, 3.8) is 0 Å². The van der Waals surface area contributed by atoms with Crippen LogP contribution in [0.1, 0.15) is 5.56 Å². The molecular formula is C10H7Cl2NO3. The van der Waals surface area contributed by atoms with Gasteiger partial charge < -0.3 is 10.4 Å². The van der Waals surface area contributed by atoms with Crippen molar-refractivity contribution in [3.8, 4) is 0 Å². The van der Waals surface area contributed by atoms with Crippen LogP contribution < -0.4 is 5.32 Å². The van der Waals surface area contributed by atoms with E-state index in [2.05, 4.69) is 5.32 Å². The number of nitrogens with one attached hydrogen (secondary N) is 1. The summed E-state index contributed by atoms with van der Waals surface area (Å²) in [5.74, 6) is -1.61. The largest absolute Gasteiger partial charge is 0.479 e. The number of benzene rings is 1. The molecule has 6 heteroatoms. The van der Waals surface area contributed by atoms with Gasteiger partial charge in [0.05, 0.1) is 0 Å². The molecule has 0 aromatic heterocycles. The lowest BCUT2D eigenvalue weighted by Crippen LogP contribution is -2.41. The SMILES string of the molecule is O=C(O)C1Nc2cc(Cl)cc(Cl)c2CC1=O. The van der Waals surface area contributed by atoms with Crippen molar-refractivity contribution in [1.82, 2.24) is 0 Å². The minimum atomic E-state index is -1.22. The van der Waals surface area contributed by atoms with Crippen LogP contribution >= 0.6 is 23.2 Å². The Labute approximate surface area is 101 Å². The van der Waals surface area contributed by atoms with E-state index in [1.807, 2.05) is 0 Å². The van der Waals surface area contributed by atoms with Crippen LogP contribution in [-0.4, -0.2) is 22.9 Å². The first kappa shape index (κ1) is 11.2. The first-order chi connectivity index (χ1) is 7.49. The second-order valence-electron chi connectivity index (χ2n) is 3.47. The van der Waals surface area contributed by atoms with Crippen LogP contribution in [0.5, 0.6) is 0 Å². The number of carboxylic acids is 1. The number of anilines is 1. The zero-order valence-corrected chi connectivity index (χ0v) is 9.47. The Kier molecular flexibility index (Phi) is 2.78. The highest BCUT2D eigenvalue weighted by Gasteiger charge is 2.32. The zero-order valence-electron chi connectivity index (χ0n) is 7.96. The molecule has 16 heavy (non-hydrogen) atoms. The molecule has 1 aromatic rings.